The maximum absolute atomic E-state index is 11.8. The van der Waals surface area contributed by atoms with Gasteiger partial charge in [0.1, 0.15) is 0 Å². The van der Waals surface area contributed by atoms with Crippen LogP contribution < -0.4 is 0 Å². The van der Waals surface area contributed by atoms with E-state index in [4.69, 9.17) is 9.97 Å². The minimum atomic E-state index is 0. The fraction of sp³-hybridized carbons (Fsp3) is 0.432. The van der Waals surface area contributed by atoms with Gasteiger partial charge in [0.15, 0.2) is 5.78 Å². The number of benzene rings is 3. The Balaban J connectivity index is 0.000000246. The van der Waals surface area contributed by atoms with Gasteiger partial charge in [0.25, 0.3) is 0 Å². The van der Waals surface area contributed by atoms with E-state index in [0.29, 0.717) is 5.76 Å². The normalized spacial score (nSPS) is 16.0. The Morgan fingerprint density at radius 2 is 1.55 bits per heavy atom. The van der Waals surface area contributed by atoms with Crippen LogP contribution in [-0.2, 0) is 30.3 Å². The number of aliphatic hydroxyl groups is 1. The van der Waals surface area contributed by atoms with Gasteiger partial charge in [0.2, 0.25) is 0 Å². The van der Waals surface area contributed by atoms with Crippen molar-refractivity contribution < 1.29 is 30.0 Å². The molecule has 1 aromatic heterocycles. The van der Waals surface area contributed by atoms with Gasteiger partial charge in [-0.1, -0.05) is 89.6 Å². The molecule has 2 aliphatic rings. The van der Waals surface area contributed by atoms with E-state index in [9.17, 15) is 9.90 Å². The molecule has 0 bridgehead atoms. The summed E-state index contributed by atoms with van der Waals surface area (Å²) in [5, 5.41) is 12.2. The Kier molecular flexibility index (Phi) is 11.6. The Labute approximate surface area is 265 Å². The molecule has 4 aromatic rings. The maximum atomic E-state index is 11.8. The number of ketones is 1. The number of rotatable bonds is 4. The third kappa shape index (κ3) is 7.74. The van der Waals surface area contributed by atoms with Crippen molar-refractivity contribution in [2.45, 2.75) is 91.9 Å². The molecule has 6 rings (SSSR count). The minimum absolute atomic E-state index is 0. The monoisotopic (exact) mass is 742 g/mol. The molecule has 0 atom stereocenters. The van der Waals surface area contributed by atoms with Crippen LogP contribution in [0.5, 0.6) is 0 Å². The van der Waals surface area contributed by atoms with Crippen molar-refractivity contribution in [1.82, 2.24) is 9.97 Å². The largest absolute Gasteiger partial charge is 0.512 e. The molecule has 2 aliphatic carbocycles. The Bertz CT molecular complexity index is 1540. The van der Waals surface area contributed by atoms with E-state index in [1.807, 2.05) is 13.0 Å². The second kappa shape index (κ2) is 14.5. The number of aromatic nitrogens is 2. The molecule has 2 saturated carbocycles. The fourth-order valence-corrected chi connectivity index (χ4v) is 6.02. The van der Waals surface area contributed by atoms with E-state index in [2.05, 4.69) is 75.4 Å². The summed E-state index contributed by atoms with van der Waals surface area (Å²) in [5.41, 5.74) is 6.10. The van der Waals surface area contributed by atoms with Crippen LogP contribution in [0.2, 0.25) is 0 Å². The van der Waals surface area contributed by atoms with Gasteiger partial charge >= 0.3 is 0 Å². The zero-order valence-electron chi connectivity index (χ0n) is 24.7. The van der Waals surface area contributed by atoms with E-state index in [1.54, 1.807) is 0 Å². The van der Waals surface area contributed by atoms with E-state index in [0.717, 1.165) is 59.1 Å². The summed E-state index contributed by atoms with van der Waals surface area (Å²) >= 11 is 0. The number of aryl methyl sites for hydroxylation is 1. The van der Waals surface area contributed by atoms with Gasteiger partial charge in [-0.15, -0.1) is 29.1 Å². The first kappa shape index (κ1) is 33.6. The van der Waals surface area contributed by atoms with Gasteiger partial charge in [0, 0.05) is 49.4 Å². The molecule has 42 heavy (non-hydrogen) atoms. The molecule has 0 amide bonds. The standard InChI is InChI=1S/C23H21N2.C13H20O2.CH4.Ir/c1-15-22(19-11-7-9-16-8-5-6-10-18(16)19)25-21-14-17(23(2,3)4)12-13-20(21)24-15;14-12(10-5-1-2-6-10)9-13(15)11-7-3-4-8-11;;/h5-10,12-14H,1-4H3;9-11,14H,1-8H2;1H4;/q-1;;;. The van der Waals surface area contributed by atoms with Crippen LogP contribution in [0.3, 0.4) is 0 Å². The molecule has 0 aliphatic heterocycles. The predicted octanol–water partition coefficient (Wildman–Crippen LogP) is 9.87. The molecule has 4 nitrogen and oxygen atoms in total. The molecule has 225 valence electrons. The molecule has 1 heterocycles. The summed E-state index contributed by atoms with van der Waals surface area (Å²) in [7, 11) is 0. The van der Waals surface area contributed by atoms with Crippen molar-refractivity contribution >= 4 is 27.6 Å². The predicted molar refractivity (Wildman–Crippen MR) is 171 cm³/mol. The summed E-state index contributed by atoms with van der Waals surface area (Å²) < 4.78 is 0. The van der Waals surface area contributed by atoms with Crippen LogP contribution in [0.1, 0.15) is 90.8 Å². The van der Waals surface area contributed by atoms with Crippen molar-refractivity contribution in [3.05, 3.63) is 83.8 Å². The number of allylic oxidation sites excluding steroid dienone is 2. The molecule has 0 unspecified atom stereocenters. The molecule has 0 saturated heterocycles. The maximum Gasteiger partial charge on any atom is 0.162 e. The first-order chi connectivity index (χ1) is 19.2. The number of carbonyl (C=O) groups excluding carboxylic acids is 1. The van der Waals surface area contributed by atoms with Crippen molar-refractivity contribution in [2.75, 3.05) is 0 Å². The van der Waals surface area contributed by atoms with Crippen LogP contribution in [0.4, 0.5) is 0 Å². The first-order valence-corrected chi connectivity index (χ1v) is 14.8. The Morgan fingerprint density at radius 3 is 2.21 bits per heavy atom. The number of hydrogen-bond acceptors (Lipinski definition) is 4. The summed E-state index contributed by atoms with van der Waals surface area (Å²) in [5.74, 6) is 0.991. The molecule has 1 N–H and O–H groups in total. The number of carbonyl (C=O) groups is 1. The first-order valence-electron chi connectivity index (χ1n) is 14.8. The van der Waals surface area contributed by atoms with E-state index in [-0.39, 0.29) is 50.6 Å². The molecule has 3 aromatic carbocycles. The van der Waals surface area contributed by atoms with Crippen molar-refractivity contribution in [2.24, 2.45) is 11.8 Å². The Morgan fingerprint density at radius 1 is 0.905 bits per heavy atom. The molecular formula is C37H45IrN2O2-. The van der Waals surface area contributed by atoms with Crippen LogP contribution in [0.25, 0.3) is 33.1 Å². The third-order valence-electron chi connectivity index (χ3n) is 8.48. The average molecular weight is 742 g/mol. The second-order valence-electron chi connectivity index (χ2n) is 12.5. The van der Waals surface area contributed by atoms with Gasteiger partial charge in [-0.25, -0.2) is 0 Å². The SMILES string of the molecule is C.Cc1nc2ccc(C(C)(C)C)cc2nc1-c1[c-]ccc2ccccc12.O=C(C=C(O)C1CCCC1)C1CCCC1.[Ir]. The van der Waals surface area contributed by atoms with Gasteiger partial charge < -0.3 is 5.11 Å². The minimum Gasteiger partial charge on any atom is -0.512 e. The van der Waals surface area contributed by atoms with E-state index < -0.39 is 0 Å². The van der Waals surface area contributed by atoms with E-state index in [1.165, 1.54) is 42.7 Å². The molecule has 1 radical (unpaired) electrons. The fourth-order valence-electron chi connectivity index (χ4n) is 6.02. The molecule has 2 fully saturated rings. The number of hydrogen-bond donors (Lipinski definition) is 1. The third-order valence-corrected chi connectivity index (χ3v) is 8.48. The van der Waals surface area contributed by atoms with Crippen molar-refractivity contribution in [3.8, 4) is 11.3 Å². The topological polar surface area (TPSA) is 63.1 Å². The molecule has 0 spiro atoms. The smallest absolute Gasteiger partial charge is 0.162 e. The van der Waals surface area contributed by atoms with Crippen molar-refractivity contribution in [1.29, 1.82) is 0 Å². The zero-order chi connectivity index (χ0) is 28.3. The molecule has 5 heteroatoms. The van der Waals surface area contributed by atoms with Gasteiger partial charge in [-0.3, -0.25) is 14.8 Å². The average Bonchev–Trinajstić information content (AvgIpc) is 3.67. The van der Waals surface area contributed by atoms with Gasteiger partial charge in [-0.05, 0) is 55.7 Å². The number of nitrogens with zero attached hydrogens (tertiary/aromatic N) is 2. The summed E-state index contributed by atoms with van der Waals surface area (Å²) in [4.78, 5) is 21.6. The van der Waals surface area contributed by atoms with Crippen LogP contribution in [0, 0.1) is 24.8 Å². The van der Waals surface area contributed by atoms with Gasteiger partial charge in [-0.2, -0.15) is 0 Å². The van der Waals surface area contributed by atoms with Crippen molar-refractivity contribution in [3.63, 3.8) is 0 Å². The summed E-state index contributed by atoms with van der Waals surface area (Å²) in [6.45, 7) is 8.68. The van der Waals surface area contributed by atoms with Gasteiger partial charge in [0.05, 0.1) is 16.8 Å². The summed E-state index contributed by atoms with van der Waals surface area (Å²) in [6, 6.07) is 22.2. The number of aliphatic hydroxyl groups excluding tert-OH is 1. The second-order valence-corrected chi connectivity index (χ2v) is 12.5. The van der Waals surface area contributed by atoms with E-state index >= 15 is 0 Å². The van der Waals surface area contributed by atoms with Crippen LogP contribution >= 0.6 is 0 Å². The van der Waals surface area contributed by atoms with Crippen LogP contribution in [-0.4, -0.2) is 20.9 Å². The summed E-state index contributed by atoms with van der Waals surface area (Å²) in [6.07, 6.45) is 10.4. The quantitative estimate of drug-likeness (QED) is 0.129. The zero-order valence-corrected chi connectivity index (χ0v) is 27.1. The Hall–Kier alpha value is -2.88. The number of fused-ring (bicyclic) bond motifs is 2. The van der Waals surface area contributed by atoms with Crippen LogP contribution in [0.15, 0.2) is 66.4 Å². The molecular weight excluding hydrogens is 697 g/mol.